The molecular weight excluding hydrogens is 213 g/mol. The van der Waals surface area contributed by atoms with Crippen LogP contribution >= 0.6 is 0 Å². The van der Waals surface area contributed by atoms with Crippen molar-refractivity contribution in [3.63, 3.8) is 0 Å². The van der Waals surface area contributed by atoms with Gasteiger partial charge in [0.05, 0.1) is 13.2 Å². The first kappa shape index (κ1) is 10.5. The Morgan fingerprint density at radius 3 is 2.88 bits per heavy atom. The molecule has 1 heterocycles. The minimum absolute atomic E-state index is 0.170. The Balaban J connectivity index is 2.31. The molecule has 1 atom stereocenters. The highest BCUT2D eigenvalue weighted by Crippen LogP contribution is 2.22. The smallest absolute Gasteiger partial charge is 0.195 e. The molecule has 0 bridgehead atoms. The van der Waals surface area contributed by atoms with Crippen molar-refractivity contribution in [1.29, 1.82) is 0 Å². The predicted octanol–water partition coefficient (Wildman–Crippen LogP) is 0.395. The Kier molecular flexibility index (Phi) is 2.78. The summed E-state index contributed by atoms with van der Waals surface area (Å²) in [6.45, 7) is 0. The fraction of sp³-hybridized carbons (Fsp3) is 0.222. The molecule has 2 rings (SSSR count). The Bertz CT molecular complexity index is 473. The molecule has 2 aromatic rings. The normalized spacial score (nSPS) is 12.4. The van der Waals surface area contributed by atoms with Crippen molar-refractivity contribution in [2.45, 2.75) is 6.04 Å². The van der Waals surface area contributed by atoms with Gasteiger partial charge in [-0.3, -0.25) is 0 Å². The van der Waals surface area contributed by atoms with E-state index >= 15 is 0 Å². The number of benzene rings is 1. The number of nitrogens with zero attached hydrogens (tertiary/aromatic N) is 3. The van der Waals surface area contributed by atoms with E-state index in [9.17, 15) is 4.39 Å². The second-order valence-electron chi connectivity index (χ2n) is 3.14. The zero-order valence-electron chi connectivity index (χ0n) is 8.51. The highest BCUT2D eigenvalue weighted by molar-refractivity contribution is 5.32. The topological polar surface area (TPSA) is 89.7 Å². The SMILES string of the molecule is COc1ccc([C@H](N)c2nn[nH]n2)cc1F. The summed E-state index contributed by atoms with van der Waals surface area (Å²) in [5.41, 5.74) is 6.38. The van der Waals surface area contributed by atoms with E-state index in [1.54, 1.807) is 6.07 Å². The second-order valence-corrected chi connectivity index (χ2v) is 3.14. The Morgan fingerprint density at radius 1 is 1.50 bits per heavy atom. The van der Waals surface area contributed by atoms with Crippen LogP contribution in [0.1, 0.15) is 17.4 Å². The molecule has 0 fully saturated rings. The van der Waals surface area contributed by atoms with Gasteiger partial charge in [-0.15, -0.1) is 10.2 Å². The molecular formula is C9H10FN5O. The molecule has 0 aliphatic rings. The lowest BCUT2D eigenvalue weighted by molar-refractivity contribution is 0.386. The minimum Gasteiger partial charge on any atom is -0.494 e. The third-order valence-corrected chi connectivity index (χ3v) is 2.17. The molecule has 0 aliphatic heterocycles. The van der Waals surface area contributed by atoms with Crippen LogP contribution in [0.3, 0.4) is 0 Å². The first-order chi connectivity index (χ1) is 7.72. The number of halogens is 1. The summed E-state index contributed by atoms with van der Waals surface area (Å²) >= 11 is 0. The molecule has 3 N–H and O–H groups in total. The van der Waals surface area contributed by atoms with Gasteiger partial charge < -0.3 is 10.5 Å². The average molecular weight is 223 g/mol. The number of methoxy groups -OCH3 is 1. The van der Waals surface area contributed by atoms with Crippen LogP contribution in [0.25, 0.3) is 0 Å². The van der Waals surface area contributed by atoms with Crippen LogP contribution in [0.5, 0.6) is 5.75 Å². The average Bonchev–Trinajstić information content (AvgIpc) is 2.81. The molecule has 16 heavy (non-hydrogen) atoms. The van der Waals surface area contributed by atoms with Gasteiger partial charge in [0.15, 0.2) is 17.4 Å². The number of ether oxygens (including phenoxy) is 1. The highest BCUT2D eigenvalue weighted by atomic mass is 19.1. The van der Waals surface area contributed by atoms with E-state index in [0.717, 1.165) is 0 Å². The van der Waals surface area contributed by atoms with Crippen molar-refractivity contribution >= 4 is 0 Å². The van der Waals surface area contributed by atoms with Crippen molar-refractivity contribution in [3.8, 4) is 5.75 Å². The van der Waals surface area contributed by atoms with E-state index in [1.807, 2.05) is 0 Å². The van der Waals surface area contributed by atoms with Crippen molar-refractivity contribution in [3.05, 3.63) is 35.4 Å². The number of nitrogens with one attached hydrogen (secondary N) is 1. The molecule has 0 spiro atoms. The van der Waals surface area contributed by atoms with Crippen molar-refractivity contribution in [2.75, 3.05) is 7.11 Å². The van der Waals surface area contributed by atoms with Gasteiger partial charge in [0, 0.05) is 0 Å². The monoisotopic (exact) mass is 223 g/mol. The van der Waals surface area contributed by atoms with Crippen LogP contribution in [0, 0.1) is 5.82 Å². The van der Waals surface area contributed by atoms with Gasteiger partial charge in [-0.05, 0) is 17.7 Å². The molecule has 0 saturated heterocycles. The van der Waals surface area contributed by atoms with Gasteiger partial charge in [0.1, 0.15) is 0 Å². The minimum atomic E-state index is -0.612. The van der Waals surface area contributed by atoms with Gasteiger partial charge in [0.25, 0.3) is 0 Å². The number of H-pyrrole nitrogens is 1. The number of rotatable bonds is 3. The summed E-state index contributed by atoms with van der Waals surface area (Å²) in [6.07, 6.45) is 0. The summed E-state index contributed by atoms with van der Waals surface area (Å²) in [6, 6.07) is 3.84. The molecule has 1 aromatic carbocycles. The van der Waals surface area contributed by atoms with Gasteiger partial charge in [0.2, 0.25) is 0 Å². The third kappa shape index (κ3) is 1.84. The Labute approximate surface area is 90.6 Å². The van der Waals surface area contributed by atoms with Gasteiger partial charge in [-0.1, -0.05) is 11.3 Å². The lowest BCUT2D eigenvalue weighted by Gasteiger charge is -2.09. The summed E-state index contributed by atoms with van der Waals surface area (Å²) < 4.78 is 18.2. The molecule has 0 unspecified atom stereocenters. The lowest BCUT2D eigenvalue weighted by atomic mass is 10.1. The molecule has 0 aliphatic carbocycles. The summed E-state index contributed by atoms with van der Waals surface area (Å²) in [7, 11) is 1.40. The fourth-order valence-corrected chi connectivity index (χ4v) is 1.33. The van der Waals surface area contributed by atoms with E-state index in [4.69, 9.17) is 10.5 Å². The molecule has 6 nitrogen and oxygen atoms in total. The maximum absolute atomic E-state index is 13.4. The largest absolute Gasteiger partial charge is 0.494 e. The van der Waals surface area contributed by atoms with E-state index < -0.39 is 11.9 Å². The summed E-state index contributed by atoms with van der Waals surface area (Å²) in [5, 5.41) is 13.2. The molecule has 7 heteroatoms. The van der Waals surface area contributed by atoms with Gasteiger partial charge in [-0.2, -0.15) is 5.21 Å². The van der Waals surface area contributed by atoms with E-state index in [1.165, 1.54) is 19.2 Å². The third-order valence-electron chi connectivity index (χ3n) is 2.17. The number of hydrogen-bond acceptors (Lipinski definition) is 5. The van der Waals surface area contributed by atoms with Crippen LogP contribution in [0.15, 0.2) is 18.2 Å². The molecule has 0 saturated carbocycles. The molecule has 0 radical (unpaired) electrons. The van der Waals surface area contributed by atoms with E-state index in [-0.39, 0.29) is 5.75 Å². The Morgan fingerprint density at radius 2 is 2.31 bits per heavy atom. The standard InChI is InChI=1S/C9H10FN5O/c1-16-7-3-2-5(4-6(7)10)8(11)9-12-14-15-13-9/h2-4,8H,11H2,1H3,(H,12,13,14,15)/t8-/m0/s1. The summed E-state index contributed by atoms with van der Waals surface area (Å²) in [5.74, 6) is 0.00701. The maximum atomic E-state index is 13.4. The number of nitrogens with two attached hydrogens (primary N) is 1. The molecule has 84 valence electrons. The summed E-state index contributed by atoms with van der Waals surface area (Å²) in [4.78, 5) is 0. The number of hydrogen-bond donors (Lipinski definition) is 2. The highest BCUT2D eigenvalue weighted by Gasteiger charge is 2.15. The zero-order chi connectivity index (χ0) is 11.5. The zero-order valence-corrected chi connectivity index (χ0v) is 8.51. The second kappa shape index (κ2) is 4.23. The predicted molar refractivity (Wildman–Crippen MR) is 53.2 cm³/mol. The first-order valence-electron chi connectivity index (χ1n) is 4.54. The number of tetrazole rings is 1. The maximum Gasteiger partial charge on any atom is 0.195 e. The molecule has 1 aromatic heterocycles. The number of aromatic nitrogens is 4. The molecule has 0 amide bonds. The van der Waals surface area contributed by atoms with Crippen molar-refractivity contribution in [1.82, 2.24) is 20.6 Å². The van der Waals surface area contributed by atoms with Gasteiger partial charge >= 0.3 is 0 Å². The lowest BCUT2D eigenvalue weighted by Crippen LogP contribution is -2.14. The quantitative estimate of drug-likeness (QED) is 0.785. The van der Waals surface area contributed by atoms with Crippen LogP contribution in [-0.2, 0) is 0 Å². The van der Waals surface area contributed by atoms with E-state index in [0.29, 0.717) is 11.4 Å². The van der Waals surface area contributed by atoms with Crippen molar-refractivity contribution in [2.24, 2.45) is 5.73 Å². The van der Waals surface area contributed by atoms with Crippen LogP contribution in [0.2, 0.25) is 0 Å². The van der Waals surface area contributed by atoms with Crippen LogP contribution in [0.4, 0.5) is 4.39 Å². The Hall–Kier alpha value is -2.02. The fourth-order valence-electron chi connectivity index (χ4n) is 1.33. The first-order valence-corrected chi connectivity index (χ1v) is 4.54. The van der Waals surface area contributed by atoms with Gasteiger partial charge in [-0.25, -0.2) is 4.39 Å². The number of aromatic amines is 1. The van der Waals surface area contributed by atoms with Crippen LogP contribution in [-0.4, -0.2) is 27.7 Å². The van der Waals surface area contributed by atoms with E-state index in [2.05, 4.69) is 20.6 Å². The van der Waals surface area contributed by atoms with Crippen LogP contribution < -0.4 is 10.5 Å². The van der Waals surface area contributed by atoms with Crippen molar-refractivity contribution < 1.29 is 9.13 Å².